The van der Waals surface area contributed by atoms with Crippen molar-refractivity contribution in [2.45, 2.75) is 0 Å². The lowest BCUT2D eigenvalue weighted by molar-refractivity contribution is -0.268. The van der Waals surface area contributed by atoms with Crippen molar-refractivity contribution < 1.29 is 9.90 Å². The lowest BCUT2D eigenvalue weighted by Gasteiger charge is -1.98. The maximum atomic E-state index is 10.3. The molecule has 1 rings (SSSR count). The minimum absolute atomic E-state index is 0. The fraction of sp³-hybridized carbons (Fsp3) is 0. The molecule has 0 atom stereocenters. The van der Waals surface area contributed by atoms with Gasteiger partial charge >= 0.3 is 0 Å². The van der Waals surface area contributed by atoms with Gasteiger partial charge in [0, 0.05) is 0 Å². The van der Waals surface area contributed by atoms with E-state index < -0.39 is 0 Å². The topological polar surface area (TPSA) is 76.6 Å². The summed E-state index contributed by atoms with van der Waals surface area (Å²) >= 11 is 0. The van der Waals surface area contributed by atoms with Gasteiger partial charge in [0.25, 0.3) is 0 Å². The van der Waals surface area contributed by atoms with Gasteiger partial charge in [0.1, 0.15) is 6.79 Å². The van der Waals surface area contributed by atoms with Crippen LogP contribution < -0.4 is 11.3 Å². The summed E-state index contributed by atoms with van der Waals surface area (Å²) in [6.07, 6.45) is 0. The summed E-state index contributed by atoms with van der Waals surface area (Å²) < 4.78 is 0. The Kier molecular flexibility index (Phi) is 8.76. The van der Waals surface area contributed by atoms with Crippen LogP contribution in [0.3, 0.4) is 0 Å². The number of hydrogen-bond acceptors (Lipinski definition) is 2. The van der Waals surface area contributed by atoms with E-state index in [4.69, 9.17) is 4.79 Å². The standard InChI is InChI=1S/C6H6O.CH2O.H3N/c7-6-4-2-1-3-5-6;1-2;/h1-5,7H;1H2;1H3. The summed E-state index contributed by atoms with van der Waals surface area (Å²) in [7, 11) is 0. The highest BCUT2D eigenvalue weighted by atomic mass is 16.3. The van der Waals surface area contributed by atoms with E-state index in [1.54, 1.807) is 12.1 Å². The van der Waals surface area contributed by atoms with Crippen LogP contribution in [0.15, 0.2) is 30.3 Å². The van der Waals surface area contributed by atoms with E-state index in [1.807, 2.05) is 12.9 Å². The first-order chi connectivity index (χ1) is 4.39. The third kappa shape index (κ3) is 4.80. The summed E-state index contributed by atoms with van der Waals surface area (Å²) in [5, 5.41) is 10.3. The highest BCUT2D eigenvalue weighted by Gasteiger charge is 1.64. The molecule has 4 N–H and O–H groups in total. The van der Waals surface area contributed by atoms with Gasteiger partial charge < -0.3 is 16.1 Å². The van der Waals surface area contributed by atoms with E-state index in [0.717, 1.165) is 0 Å². The van der Waals surface area contributed by atoms with Gasteiger partial charge in [-0.1, -0.05) is 30.3 Å². The van der Waals surface area contributed by atoms with Gasteiger partial charge in [-0.05, 0) is 0 Å². The SMILES string of the molecule is C=O.[NH4+].[O-]c1ccccc1. The van der Waals surface area contributed by atoms with Crippen LogP contribution in [0.4, 0.5) is 0 Å². The Labute approximate surface area is 59.9 Å². The molecule has 0 spiro atoms. The largest absolute Gasteiger partial charge is 0.872 e. The number of quaternary nitrogens is 1. The Balaban J connectivity index is 0. The summed E-state index contributed by atoms with van der Waals surface area (Å²) in [5.41, 5.74) is 0. The van der Waals surface area contributed by atoms with Crippen LogP contribution >= 0.6 is 0 Å². The molecule has 10 heavy (non-hydrogen) atoms. The smallest absolute Gasteiger partial charge is 0.106 e. The molecule has 0 aliphatic heterocycles. The predicted octanol–water partition coefficient (Wildman–Crippen LogP) is 0.951. The second-order valence-corrected chi connectivity index (χ2v) is 1.31. The number of carbonyl (C=O) groups is 1. The normalized spacial score (nSPS) is 6.40. The fourth-order valence-electron chi connectivity index (χ4n) is 0.420. The fourth-order valence-corrected chi connectivity index (χ4v) is 0.420. The zero-order valence-corrected chi connectivity index (χ0v) is 5.91. The van der Waals surface area contributed by atoms with Crippen molar-refractivity contribution in [3.63, 3.8) is 0 Å². The molecule has 0 heterocycles. The first-order valence-corrected chi connectivity index (χ1v) is 2.40. The number of hydrogen-bond donors (Lipinski definition) is 1. The molecule has 0 saturated carbocycles. The van der Waals surface area contributed by atoms with Crippen LogP contribution in [0, 0.1) is 0 Å². The average Bonchev–Trinajstić information content (AvgIpc) is 1.94. The second-order valence-electron chi connectivity index (χ2n) is 1.31. The van der Waals surface area contributed by atoms with E-state index in [9.17, 15) is 5.11 Å². The molecule has 1 aromatic rings. The minimum Gasteiger partial charge on any atom is -0.872 e. The van der Waals surface area contributed by atoms with Crippen LogP contribution in [0.5, 0.6) is 5.75 Å². The predicted molar refractivity (Wildman–Crippen MR) is 39.0 cm³/mol. The first kappa shape index (κ1) is 11.4. The van der Waals surface area contributed by atoms with Crippen molar-refractivity contribution in [1.82, 2.24) is 6.15 Å². The molecule has 0 saturated heterocycles. The Morgan fingerprint density at radius 1 is 1.10 bits per heavy atom. The number of rotatable bonds is 0. The molecule has 0 aliphatic rings. The highest BCUT2D eigenvalue weighted by molar-refractivity contribution is 5.17. The molecule has 0 aromatic heterocycles. The molecule has 3 heteroatoms. The molecule has 0 fully saturated rings. The molecule has 56 valence electrons. The average molecular weight is 141 g/mol. The number of benzene rings is 1. The van der Waals surface area contributed by atoms with Gasteiger partial charge in [-0.3, -0.25) is 0 Å². The van der Waals surface area contributed by atoms with E-state index >= 15 is 0 Å². The van der Waals surface area contributed by atoms with Crippen molar-refractivity contribution in [3.8, 4) is 5.75 Å². The Hall–Kier alpha value is -1.35. The van der Waals surface area contributed by atoms with Crippen LogP contribution in [0.1, 0.15) is 0 Å². The molecule has 1 aromatic carbocycles. The summed E-state index contributed by atoms with van der Waals surface area (Å²) in [5.74, 6) is 0.0718. The van der Waals surface area contributed by atoms with Gasteiger partial charge in [0.15, 0.2) is 0 Å². The molecule has 0 amide bonds. The van der Waals surface area contributed by atoms with Crippen LogP contribution in [0.2, 0.25) is 0 Å². The van der Waals surface area contributed by atoms with Gasteiger partial charge in [-0.25, -0.2) is 0 Å². The summed E-state index contributed by atoms with van der Waals surface area (Å²) in [6, 6.07) is 8.33. The Morgan fingerprint density at radius 3 is 1.70 bits per heavy atom. The maximum absolute atomic E-state index is 10.3. The van der Waals surface area contributed by atoms with Crippen molar-refractivity contribution in [1.29, 1.82) is 0 Å². The Bertz CT molecular complexity index is 153. The van der Waals surface area contributed by atoms with Gasteiger partial charge in [0.05, 0.1) is 0 Å². The van der Waals surface area contributed by atoms with Crippen LogP contribution in [-0.4, -0.2) is 6.79 Å². The van der Waals surface area contributed by atoms with E-state index in [0.29, 0.717) is 0 Å². The van der Waals surface area contributed by atoms with Crippen molar-refractivity contribution >= 4 is 6.79 Å². The molecular formula is C7H11NO2. The monoisotopic (exact) mass is 141 g/mol. The Morgan fingerprint density at radius 2 is 1.50 bits per heavy atom. The lowest BCUT2D eigenvalue weighted by atomic mass is 10.3. The maximum Gasteiger partial charge on any atom is 0.106 e. The zero-order valence-electron chi connectivity index (χ0n) is 5.91. The summed E-state index contributed by atoms with van der Waals surface area (Å²) in [6.45, 7) is 2.00. The molecule has 0 aliphatic carbocycles. The lowest BCUT2D eigenvalue weighted by Crippen LogP contribution is -1.85. The number of carbonyl (C=O) groups excluding carboxylic acids is 1. The number of para-hydroxylation sites is 1. The van der Waals surface area contributed by atoms with Crippen LogP contribution in [0.25, 0.3) is 0 Å². The van der Waals surface area contributed by atoms with E-state index in [1.165, 1.54) is 12.1 Å². The van der Waals surface area contributed by atoms with Gasteiger partial charge in [0.2, 0.25) is 0 Å². The summed E-state index contributed by atoms with van der Waals surface area (Å²) in [4.78, 5) is 8.00. The molecule has 0 unspecified atom stereocenters. The van der Waals surface area contributed by atoms with Crippen molar-refractivity contribution in [2.24, 2.45) is 0 Å². The molecule has 0 radical (unpaired) electrons. The molecule has 3 nitrogen and oxygen atoms in total. The second kappa shape index (κ2) is 7.65. The molecule has 0 bridgehead atoms. The zero-order chi connectivity index (χ0) is 7.11. The third-order valence-electron chi connectivity index (χ3n) is 0.743. The van der Waals surface area contributed by atoms with Gasteiger partial charge in [-0.2, -0.15) is 0 Å². The first-order valence-electron chi connectivity index (χ1n) is 2.40. The minimum atomic E-state index is 0. The quantitative estimate of drug-likeness (QED) is 0.584. The highest BCUT2D eigenvalue weighted by Crippen LogP contribution is 1.98. The van der Waals surface area contributed by atoms with Crippen molar-refractivity contribution in [2.75, 3.05) is 0 Å². The van der Waals surface area contributed by atoms with Gasteiger partial charge in [-0.15, -0.1) is 5.75 Å². The van der Waals surface area contributed by atoms with E-state index in [-0.39, 0.29) is 11.9 Å². The molecular weight excluding hydrogens is 130 g/mol. The third-order valence-corrected chi connectivity index (χ3v) is 0.743. The van der Waals surface area contributed by atoms with Crippen LogP contribution in [-0.2, 0) is 4.79 Å². The van der Waals surface area contributed by atoms with E-state index in [2.05, 4.69) is 0 Å². The van der Waals surface area contributed by atoms with Crippen molar-refractivity contribution in [3.05, 3.63) is 30.3 Å².